The van der Waals surface area contributed by atoms with Gasteiger partial charge in [0.1, 0.15) is 33.5 Å². The lowest BCUT2D eigenvalue weighted by molar-refractivity contribution is 0.668. The first-order valence-electron chi connectivity index (χ1n) is 48.8. The van der Waals surface area contributed by atoms with Crippen molar-refractivity contribution in [2.75, 3.05) is 14.7 Å². The zero-order valence-corrected chi connectivity index (χ0v) is 80.3. The van der Waals surface area contributed by atoms with Crippen LogP contribution < -0.4 is 14.7 Å². The predicted molar refractivity (Wildman–Crippen MR) is 606 cm³/mol. The van der Waals surface area contributed by atoms with Gasteiger partial charge in [0.2, 0.25) is 17.8 Å². The molecule has 0 saturated heterocycles. The van der Waals surface area contributed by atoms with Gasteiger partial charge in [-0.3, -0.25) is 14.7 Å². The second kappa shape index (κ2) is 32.7. The molecule has 30 aromatic rings. The predicted octanol–water partition coefficient (Wildman–Crippen LogP) is 36.2. The Labute approximate surface area is 849 Å². The minimum absolute atomic E-state index is 0.564. The maximum atomic E-state index is 6.32. The summed E-state index contributed by atoms with van der Waals surface area (Å²) in [5.41, 5.74) is 23.8. The molecule has 0 spiro atoms. The smallest absolute Gasteiger partial charge is 0.238 e. The molecule has 0 fully saturated rings. The highest BCUT2D eigenvalue weighted by atomic mass is 32.1. The number of hydrogen-bond donors (Lipinski definition) is 0. The van der Waals surface area contributed by atoms with Crippen LogP contribution in [0, 0.1) is 0 Å². The summed E-state index contributed by atoms with van der Waals surface area (Å²) in [5, 5.41) is 20.5. The zero-order valence-electron chi connectivity index (χ0n) is 77.9. The van der Waals surface area contributed by atoms with Gasteiger partial charge in [0, 0.05) is 159 Å². The lowest BCUT2D eigenvalue weighted by Gasteiger charge is -2.32. The number of furan rings is 3. The number of rotatable bonds is 9. The summed E-state index contributed by atoms with van der Waals surface area (Å²) in [6.07, 6.45) is 0. The van der Waals surface area contributed by atoms with E-state index in [0.717, 1.165) is 155 Å². The molecular formula is C129H72N12O3S3. The standard InChI is InChI=1S/3C43H24N4OS/c1-4-19-32-26(13-1)27-16-7-11-25-12-8-20-33(38(25)27)47(32)43-45-41(30-17-9-22-35-39(30)28-14-2-5-21-34(28)48-35)44-42(46-43)31-18-10-24-37-40(31)29-15-3-6-23-36(29)49-37;1-4-17-33-27(12-1)29-15-7-10-25-11-8-18-34(39(25)29)47(33)43-45-41(26-22-23-38-32(24-26)28-13-3-6-21-37(28)49-38)44-42(46-43)31-16-9-20-36-40(31)30-14-2-5-19-35(30)48-36;1-4-15-34-28(11-1)31-14-7-9-25-10-8-16-35(40(25)31)47(34)43-45-41(26-19-21-37-32(23-26)29-12-2-5-17-36(29)48-37)44-42(46-43)27-20-22-39-33(24-27)30-13-3-6-18-38(30)49-39/h3*1-24H. The monoisotopic (exact) mass is 1930 g/mol. The van der Waals surface area contributed by atoms with Crippen molar-refractivity contribution >= 4 is 245 Å². The molecule has 15 nitrogen and oxygen atoms in total. The van der Waals surface area contributed by atoms with Crippen molar-refractivity contribution in [1.29, 1.82) is 0 Å². The van der Waals surface area contributed by atoms with E-state index in [4.69, 9.17) is 58.1 Å². The lowest BCUT2D eigenvalue weighted by Crippen LogP contribution is -2.18. The molecule has 18 heteroatoms. The Kier molecular flexibility index (Phi) is 18.4. The van der Waals surface area contributed by atoms with E-state index in [9.17, 15) is 0 Å². The molecule has 9 aromatic heterocycles. The molecule has 0 saturated carbocycles. The fourth-order valence-electron chi connectivity index (χ4n) is 22.5. The van der Waals surface area contributed by atoms with Crippen molar-refractivity contribution in [3.63, 3.8) is 0 Å². The molecule has 147 heavy (non-hydrogen) atoms. The van der Waals surface area contributed by atoms with Crippen LogP contribution in [0.5, 0.6) is 0 Å². The molecule has 0 bridgehead atoms. The SMILES string of the molecule is c1ccc2c(c1)-c1cccc3cccc(c13)N2c1nc(-c2ccc3oc4ccccc4c3c2)nc(-c2ccc3sc4ccccc4c3c2)n1.c1ccc2c(c1)-c1cccc3cccc(c13)N2c1nc(-c2ccc3sc4ccccc4c3c2)nc(-c2cccc3oc4ccccc4c23)n1.c1ccc2c(c1)-c1cccc3cccc(c13)N2c1nc(-c2cccc3oc4ccccc4c23)nc(-c2cccc3sc4ccccc4c23)n1. The van der Waals surface area contributed by atoms with E-state index in [1.54, 1.807) is 34.0 Å². The fraction of sp³-hybridized carbons (Fsp3) is 0. The van der Waals surface area contributed by atoms with Crippen LogP contribution in [0.25, 0.3) is 260 Å². The van der Waals surface area contributed by atoms with Gasteiger partial charge in [0.15, 0.2) is 34.9 Å². The summed E-state index contributed by atoms with van der Waals surface area (Å²) < 4.78 is 26.2. The first-order valence-corrected chi connectivity index (χ1v) is 51.3. The molecule has 3 aliphatic rings. The van der Waals surface area contributed by atoms with Crippen LogP contribution in [-0.2, 0) is 0 Å². The Balaban J connectivity index is 0.0000000999. The minimum atomic E-state index is 0.564. The van der Waals surface area contributed by atoms with Crippen LogP contribution in [0.15, 0.2) is 450 Å². The van der Waals surface area contributed by atoms with Crippen LogP contribution in [0.2, 0.25) is 0 Å². The molecule has 0 unspecified atom stereocenters. The van der Waals surface area contributed by atoms with Gasteiger partial charge in [-0.2, -0.15) is 29.9 Å². The molecule has 0 amide bonds. The van der Waals surface area contributed by atoms with E-state index in [2.05, 4.69) is 360 Å². The first kappa shape index (κ1) is 82.6. The van der Waals surface area contributed by atoms with Gasteiger partial charge >= 0.3 is 0 Å². The molecule has 21 aromatic carbocycles. The summed E-state index contributed by atoms with van der Waals surface area (Å²) in [6, 6.07) is 153. The van der Waals surface area contributed by atoms with E-state index in [-0.39, 0.29) is 0 Å². The largest absolute Gasteiger partial charge is 0.456 e. The average molecular weight is 1930 g/mol. The second-order valence-electron chi connectivity index (χ2n) is 37.2. The molecular weight excluding hydrogens is 1860 g/mol. The molecule has 0 N–H and O–H groups in total. The summed E-state index contributed by atoms with van der Waals surface area (Å²) in [7, 11) is 0. The van der Waals surface area contributed by atoms with Crippen molar-refractivity contribution in [3.8, 4) is 102 Å². The Bertz CT molecular complexity index is 10600. The quantitative estimate of drug-likeness (QED) is 0.134. The van der Waals surface area contributed by atoms with Crippen molar-refractivity contribution in [1.82, 2.24) is 44.9 Å². The van der Waals surface area contributed by atoms with Crippen LogP contribution in [-0.4, -0.2) is 44.9 Å². The van der Waals surface area contributed by atoms with Gasteiger partial charge in [-0.25, -0.2) is 15.0 Å². The average Bonchev–Trinajstić information content (AvgIpc) is 1.43. The molecule has 0 aliphatic carbocycles. The van der Waals surface area contributed by atoms with Crippen LogP contribution in [0.1, 0.15) is 0 Å². The highest BCUT2D eigenvalue weighted by Crippen LogP contribution is 2.57. The summed E-state index contributed by atoms with van der Waals surface area (Å²) in [6.45, 7) is 0. The molecule has 33 rings (SSSR count). The minimum Gasteiger partial charge on any atom is -0.456 e. The van der Waals surface area contributed by atoms with Crippen LogP contribution in [0.4, 0.5) is 52.0 Å². The van der Waals surface area contributed by atoms with E-state index < -0.39 is 0 Å². The van der Waals surface area contributed by atoms with Crippen molar-refractivity contribution in [2.45, 2.75) is 0 Å². The number of fused-ring (bicyclic) bond motifs is 24. The first-order chi connectivity index (χ1) is 72.8. The number of aromatic nitrogens is 9. The van der Waals surface area contributed by atoms with Gasteiger partial charge < -0.3 is 13.3 Å². The maximum absolute atomic E-state index is 6.32. The summed E-state index contributed by atoms with van der Waals surface area (Å²) >= 11 is 5.41. The zero-order chi connectivity index (χ0) is 96.2. The van der Waals surface area contributed by atoms with Gasteiger partial charge in [-0.15, -0.1) is 34.0 Å². The topological polar surface area (TPSA) is 165 Å². The Hall–Kier alpha value is -19.1. The highest BCUT2D eigenvalue weighted by Gasteiger charge is 2.35. The number of thiophene rings is 3. The fourth-order valence-corrected chi connectivity index (χ4v) is 25.8. The Morgan fingerprint density at radius 1 is 0.156 bits per heavy atom. The summed E-state index contributed by atoms with van der Waals surface area (Å²) in [5.74, 6) is 5.36. The van der Waals surface area contributed by atoms with Gasteiger partial charge in [-0.05, 0) is 178 Å². The molecule has 0 atom stereocenters. The van der Waals surface area contributed by atoms with Gasteiger partial charge in [-0.1, -0.05) is 291 Å². The van der Waals surface area contributed by atoms with E-state index >= 15 is 0 Å². The molecule has 0 radical (unpaired) electrons. The lowest BCUT2D eigenvalue weighted by atomic mass is 9.91. The molecule has 3 aliphatic heterocycles. The van der Waals surface area contributed by atoms with Crippen molar-refractivity contribution < 1.29 is 13.3 Å². The second-order valence-corrected chi connectivity index (χ2v) is 40.5. The van der Waals surface area contributed by atoms with Crippen molar-refractivity contribution in [2.24, 2.45) is 0 Å². The van der Waals surface area contributed by atoms with E-state index in [1.807, 2.05) is 91.0 Å². The van der Waals surface area contributed by atoms with Crippen LogP contribution >= 0.6 is 34.0 Å². The maximum Gasteiger partial charge on any atom is 0.238 e. The Morgan fingerprint density at radius 2 is 0.429 bits per heavy atom. The number of nitrogens with zero attached hydrogens (tertiary/aromatic N) is 12. The van der Waals surface area contributed by atoms with Crippen molar-refractivity contribution in [3.05, 3.63) is 437 Å². The third kappa shape index (κ3) is 13.1. The number of benzene rings is 21. The summed E-state index contributed by atoms with van der Waals surface area (Å²) in [4.78, 5) is 54.2. The Morgan fingerprint density at radius 3 is 0.884 bits per heavy atom. The van der Waals surface area contributed by atoms with E-state index in [0.29, 0.717) is 52.8 Å². The number of para-hydroxylation sites is 6. The van der Waals surface area contributed by atoms with Gasteiger partial charge in [0.25, 0.3) is 0 Å². The number of hydrogen-bond acceptors (Lipinski definition) is 18. The molecule has 12 heterocycles. The van der Waals surface area contributed by atoms with E-state index in [1.165, 1.54) is 104 Å². The third-order valence-corrected chi connectivity index (χ3v) is 32.4. The van der Waals surface area contributed by atoms with Gasteiger partial charge in [0.05, 0.1) is 34.1 Å². The normalized spacial score (nSPS) is 12.4. The third-order valence-electron chi connectivity index (χ3n) is 29.0. The number of anilines is 9. The molecule has 684 valence electrons. The van der Waals surface area contributed by atoms with Crippen LogP contribution in [0.3, 0.4) is 0 Å². The highest BCUT2D eigenvalue weighted by molar-refractivity contribution is 7.26.